The molecule has 4 nitrogen and oxygen atoms in total. The molecule has 0 saturated carbocycles. The van der Waals surface area contributed by atoms with Crippen LogP contribution in [0.25, 0.3) is 0 Å². The monoisotopic (exact) mass is 249 g/mol. The zero-order chi connectivity index (χ0) is 12.4. The van der Waals surface area contributed by atoms with Gasteiger partial charge in [0.15, 0.2) is 0 Å². The molecule has 0 unspecified atom stereocenters. The van der Waals surface area contributed by atoms with Gasteiger partial charge in [-0.25, -0.2) is 0 Å². The van der Waals surface area contributed by atoms with Gasteiger partial charge in [0.05, 0.1) is 12.2 Å². The summed E-state index contributed by atoms with van der Waals surface area (Å²) in [7, 11) is 1.81. The van der Waals surface area contributed by atoms with Gasteiger partial charge in [0.1, 0.15) is 5.69 Å². The molecule has 0 atom stereocenters. The van der Waals surface area contributed by atoms with Crippen LogP contribution in [0.2, 0.25) is 0 Å². The summed E-state index contributed by atoms with van der Waals surface area (Å²) in [5.74, 6) is -0.1000. The van der Waals surface area contributed by atoms with Gasteiger partial charge in [-0.3, -0.25) is 4.79 Å². The number of nitrogens with two attached hydrogens (primary N) is 1. The molecule has 2 heterocycles. The summed E-state index contributed by atoms with van der Waals surface area (Å²) in [5.41, 5.74) is 8.03. The van der Waals surface area contributed by atoms with Gasteiger partial charge in [0.2, 0.25) is 0 Å². The van der Waals surface area contributed by atoms with E-state index in [-0.39, 0.29) is 5.91 Å². The highest BCUT2D eigenvalue weighted by molar-refractivity contribution is 7.10. The molecule has 1 amide bonds. The smallest absolute Gasteiger partial charge is 0.268 e. The summed E-state index contributed by atoms with van der Waals surface area (Å²) in [6.45, 7) is 2.60. The van der Waals surface area contributed by atoms with E-state index in [0.717, 1.165) is 0 Å². The van der Waals surface area contributed by atoms with Crippen molar-refractivity contribution < 1.29 is 4.79 Å². The Balaban J connectivity index is 2.03. The van der Waals surface area contributed by atoms with Crippen molar-refractivity contribution in [3.05, 3.63) is 39.8 Å². The predicted molar refractivity (Wildman–Crippen MR) is 70.1 cm³/mol. The van der Waals surface area contributed by atoms with Crippen LogP contribution in [-0.4, -0.2) is 10.5 Å². The van der Waals surface area contributed by atoms with E-state index in [9.17, 15) is 4.79 Å². The van der Waals surface area contributed by atoms with Crippen molar-refractivity contribution in [3.8, 4) is 0 Å². The molecule has 0 aliphatic heterocycles. The van der Waals surface area contributed by atoms with Crippen molar-refractivity contribution in [3.63, 3.8) is 0 Å². The molecule has 0 aliphatic carbocycles. The Morgan fingerprint density at radius 3 is 2.88 bits per heavy atom. The fourth-order valence-electron chi connectivity index (χ4n) is 1.65. The minimum Gasteiger partial charge on any atom is -0.397 e. The van der Waals surface area contributed by atoms with Crippen molar-refractivity contribution in [1.82, 2.24) is 9.88 Å². The first-order valence-corrected chi connectivity index (χ1v) is 6.19. The Labute approximate surface area is 104 Å². The Morgan fingerprint density at radius 2 is 2.35 bits per heavy atom. The number of nitrogens with zero attached hydrogens (tertiary/aromatic N) is 1. The molecular weight excluding hydrogens is 234 g/mol. The molecule has 3 N–H and O–H groups in total. The minimum atomic E-state index is -0.1000. The van der Waals surface area contributed by atoms with E-state index in [1.54, 1.807) is 28.2 Å². The number of nitrogens with one attached hydrogen (secondary N) is 1. The molecule has 0 spiro atoms. The van der Waals surface area contributed by atoms with Crippen LogP contribution < -0.4 is 11.1 Å². The molecule has 2 rings (SSSR count). The highest BCUT2D eigenvalue weighted by Crippen LogP contribution is 2.15. The van der Waals surface area contributed by atoms with Gasteiger partial charge in [0.25, 0.3) is 5.91 Å². The van der Waals surface area contributed by atoms with Crippen LogP contribution in [0.3, 0.4) is 0 Å². The number of hydrogen-bond donors (Lipinski definition) is 2. The highest BCUT2D eigenvalue weighted by Gasteiger charge is 2.11. The summed E-state index contributed by atoms with van der Waals surface area (Å²) >= 11 is 1.65. The van der Waals surface area contributed by atoms with Crippen LogP contribution >= 0.6 is 11.3 Å². The maximum atomic E-state index is 11.9. The number of aromatic nitrogens is 1. The Morgan fingerprint density at radius 1 is 1.59 bits per heavy atom. The zero-order valence-electron chi connectivity index (χ0n) is 9.86. The summed E-state index contributed by atoms with van der Waals surface area (Å²) in [4.78, 5) is 13.1. The van der Waals surface area contributed by atoms with Gasteiger partial charge in [-0.2, -0.15) is 0 Å². The number of nitrogen functional groups attached to an aromatic ring is 1. The number of rotatable bonds is 3. The maximum Gasteiger partial charge on any atom is 0.268 e. The number of hydrogen-bond acceptors (Lipinski definition) is 3. The van der Waals surface area contributed by atoms with Crippen LogP contribution in [0.15, 0.2) is 23.7 Å². The molecule has 2 aromatic rings. The zero-order valence-corrected chi connectivity index (χ0v) is 10.7. The van der Waals surface area contributed by atoms with Crippen LogP contribution in [-0.2, 0) is 13.6 Å². The van der Waals surface area contributed by atoms with E-state index < -0.39 is 0 Å². The van der Waals surface area contributed by atoms with Gasteiger partial charge in [-0.1, -0.05) is 0 Å². The third kappa shape index (κ3) is 2.50. The first-order valence-electron chi connectivity index (χ1n) is 5.31. The van der Waals surface area contributed by atoms with Crippen LogP contribution in [0.1, 0.15) is 20.9 Å². The molecular formula is C12H15N3OS. The average Bonchev–Trinajstić information content (AvgIpc) is 2.81. The molecule has 0 saturated heterocycles. The van der Waals surface area contributed by atoms with Crippen LogP contribution in [0, 0.1) is 6.92 Å². The summed E-state index contributed by atoms with van der Waals surface area (Å²) in [6.07, 6.45) is 1.73. The Hall–Kier alpha value is -1.75. The van der Waals surface area contributed by atoms with Crippen molar-refractivity contribution in [2.45, 2.75) is 13.5 Å². The molecule has 0 aromatic carbocycles. The molecule has 0 radical (unpaired) electrons. The number of carbonyl (C=O) groups excluding carboxylic acids is 1. The summed E-state index contributed by atoms with van der Waals surface area (Å²) in [5, 5.41) is 4.92. The van der Waals surface area contributed by atoms with E-state index in [1.165, 1.54) is 10.4 Å². The van der Waals surface area contributed by atoms with Gasteiger partial charge >= 0.3 is 0 Å². The predicted octanol–water partition coefficient (Wildman–Crippen LogP) is 1.91. The molecule has 0 fully saturated rings. The van der Waals surface area contributed by atoms with Crippen molar-refractivity contribution in [1.29, 1.82) is 0 Å². The molecule has 2 aromatic heterocycles. The number of thiophene rings is 1. The summed E-state index contributed by atoms with van der Waals surface area (Å²) in [6, 6.07) is 3.73. The van der Waals surface area contributed by atoms with Gasteiger partial charge in [0, 0.05) is 18.1 Å². The number of carbonyl (C=O) groups is 1. The lowest BCUT2D eigenvalue weighted by molar-refractivity contribution is 0.0943. The number of anilines is 1. The minimum absolute atomic E-state index is 0.1000. The third-order valence-corrected chi connectivity index (χ3v) is 3.66. The van der Waals surface area contributed by atoms with E-state index in [4.69, 9.17) is 5.73 Å². The van der Waals surface area contributed by atoms with E-state index in [2.05, 4.69) is 5.32 Å². The number of amides is 1. The van der Waals surface area contributed by atoms with E-state index in [0.29, 0.717) is 17.9 Å². The van der Waals surface area contributed by atoms with Crippen molar-refractivity contribution >= 4 is 22.9 Å². The third-order valence-electron chi connectivity index (χ3n) is 2.64. The standard InChI is InChI=1S/C12H15N3OS/c1-8-3-4-17-11(8)6-14-12(16)10-5-9(13)7-15(10)2/h3-5,7H,6,13H2,1-2H3,(H,14,16). The second-order valence-electron chi connectivity index (χ2n) is 3.98. The fraction of sp³-hybridized carbons (Fsp3) is 0.250. The van der Waals surface area contributed by atoms with Gasteiger partial charge < -0.3 is 15.6 Å². The molecule has 0 aliphatic rings. The SMILES string of the molecule is Cc1ccsc1CNC(=O)c1cc(N)cn1C. The summed E-state index contributed by atoms with van der Waals surface area (Å²) < 4.78 is 1.73. The molecule has 5 heteroatoms. The average molecular weight is 249 g/mol. The first kappa shape index (κ1) is 11.7. The van der Waals surface area contributed by atoms with Crippen molar-refractivity contribution in [2.24, 2.45) is 7.05 Å². The lowest BCUT2D eigenvalue weighted by Crippen LogP contribution is -2.24. The van der Waals surface area contributed by atoms with Crippen molar-refractivity contribution in [2.75, 3.05) is 5.73 Å². The molecule has 90 valence electrons. The Kier molecular flexibility index (Phi) is 3.19. The second-order valence-corrected chi connectivity index (χ2v) is 4.98. The van der Waals surface area contributed by atoms with Gasteiger partial charge in [-0.05, 0) is 30.0 Å². The molecule has 0 bridgehead atoms. The topological polar surface area (TPSA) is 60.1 Å². The van der Waals surface area contributed by atoms with Crippen LogP contribution in [0.4, 0.5) is 5.69 Å². The van der Waals surface area contributed by atoms with E-state index >= 15 is 0 Å². The fourth-order valence-corrected chi connectivity index (χ4v) is 2.50. The first-order chi connectivity index (χ1) is 8.08. The maximum absolute atomic E-state index is 11.9. The normalized spacial score (nSPS) is 10.5. The van der Waals surface area contributed by atoms with E-state index in [1.807, 2.05) is 25.4 Å². The highest BCUT2D eigenvalue weighted by atomic mass is 32.1. The number of aryl methyl sites for hydroxylation is 2. The lowest BCUT2D eigenvalue weighted by atomic mass is 10.3. The lowest BCUT2D eigenvalue weighted by Gasteiger charge is -2.05. The van der Waals surface area contributed by atoms with Gasteiger partial charge in [-0.15, -0.1) is 11.3 Å². The largest absolute Gasteiger partial charge is 0.397 e. The van der Waals surface area contributed by atoms with Crippen LogP contribution in [0.5, 0.6) is 0 Å². The Bertz CT molecular complexity index is 542. The quantitative estimate of drug-likeness (QED) is 0.873. The molecule has 17 heavy (non-hydrogen) atoms. The second kappa shape index (κ2) is 4.63.